The molecule has 3 rings (SSSR count). The fraction of sp³-hybridized carbons (Fsp3) is 0.611. The van der Waals surface area contributed by atoms with Gasteiger partial charge in [0.25, 0.3) is 0 Å². The van der Waals surface area contributed by atoms with Gasteiger partial charge in [-0.15, -0.1) is 0 Å². The number of rotatable bonds is 3. The molecule has 2 aliphatic carbocycles. The standard InChI is InChI=1S/C18H24O/c19-17-11-5-10-15-8-4-9-16(18(15)17)13-12-14-6-2-1-3-7-14/h4,8-9,14H,1-3,5-7,10-13H2. The van der Waals surface area contributed by atoms with E-state index in [-0.39, 0.29) is 0 Å². The van der Waals surface area contributed by atoms with E-state index in [2.05, 4.69) is 18.2 Å². The topological polar surface area (TPSA) is 17.1 Å². The summed E-state index contributed by atoms with van der Waals surface area (Å²) in [5, 5.41) is 0. The largest absolute Gasteiger partial charge is 0.294 e. The number of aryl methyl sites for hydroxylation is 2. The number of hydrogen-bond acceptors (Lipinski definition) is 1. The van der Waals surface area contributed by atoms with Crippen molar-refractivity contribution in [2.24, 2.45) is 5.92 Å². The molecule has 0 aliphatic heterocycles. The molecule has 0 saturated heterocycles. The quantitative estimate of drug-likeness (QED) is 0.765. The first-order chi connectivity index (χ1) is 9.34. The summed E-state index contributed by atoms with van der Waals surface area (Å²) in [5.41, 5.74) is 3.72. The minimum absolute atomic E-state index is 0.389. The third-order valence-corrected chi connectivity index (χ3v) is 4.91. The van der Waals surface area contributed by atoms with Crippen LogP contribution in [0.15, 0.2) is 18.2 Å². The zero-order valence-electron chi connectivity index (χ0n) is 11.8. The Kier molecular flexibility index (Phi) is 4.00. The van der Waals surface area contributed by atoms with Crippen LogP contribution in [0.2, 0.25) is 0 Å². The highest BCUT2D eigenvalue weighted by Crippen LogP contribution is 2.30. The van der Waals surface area contributed by atoms with Crippen molar-refractivity contribution < 1.29 is 4.79 Å². The van der Waals surface area contributed by atoms with Crippen molar-refractivity contribution >= 4 is 5.78 Å². The van der Waals surface area contributed by atoms with Crippen LogP contribution in [-0.4, -0.2) is 5.78 Å². The molecule has 0 atom stereocenters. The summed E-state index contributed by atoms with van der Waals surface area (Å²) in [5.74, 6) is 1.30. The molecular weight excluding hydrogens is 232 g/mol. The molecule has 1 nitrogen and oxygen atoms in total. The lowest BCUT2D eigenvalue weighted by Crippen LogP contribution is -2.15. The molecule has 1 fully saturated rings. The number of carbonyl (C=O) groups is 1. The van der Waals surface area contributed by atoms with Gasteiger partial charge in [-0.1, -0.05) is 50.3 Å². The van der Waals surface area contributed by atoms with Crippen molar-refractivity contribution in [2.75, 3.05) is 0 Å². The van der Waals surface area contributed by atoms with Gasteiger partial charge >= 0.3 is 0 Å². The van der Waals surface area contributed by atoms with Gasteiger partial charge in [-0.05, 0) is 42.7 Å². The first-order valence-electron chi connectivity index (χ1n) is 7.98. The lowest BCUT2D eigenvalue weighted by atomic mass is 9.82. The van der Waals surface area contributed by atoms with E-state index in [1.807, 2.05) is 0 Å². The first kappa shape index (κ1) is 12.9. The molecular formula is C18H24O. The molecule has 1 saturated carbocycles. The predicted molar refractivity (Wildman–Crippen MR) is 78.6 cm³/mol. The lowest BCUT2D eigenvalue weighted by molar-refractivity contribution is 0.0971. The fourth-order valence-corrected chi connectivity index (χ4v) is 3.83. The van der Waals surface area contributed by atoms with Crippen LogP contribution < -0.4 is 0 Å². The van der Waals surface area contributed by atoms with Gasteiger partial charge in [0.05, 0.1) is 0 Å². The van der Waals surface area contributed by atoms with Crippen LogP contribution in [0.1, 0.15) is 72.9 Å². The molecule has 0 spiro atoms. The van der Waals surface area contributed by atoms with E-state index in [0.29, 0.717) is 5.78 Å². The Hall–Kier alpha value is -1.11. The van der Waals surface area contributed by atoms with E-state index >= 15 is 0 Å². The number of carbonyl (C=O) groups excluding carboxylic acids is 1. The minimum atomic E-state index is 0.389. The van der Waals surface area contributed by atoms with Crippen LogP contribution in [0, 0.1) is 5.92 Å². The second-order valence-electron chi connectivity index (χ2n) is 6.27. The van der Waals surface area contributed by atoms with E-state index < -0.39 is 0 Å². The Morgan fingerprint density at radius 1 is 1.00 bits per heavy atom. The maximum absolute atomic E-state index is 12.2. The molecule has 0 bridgehead atoms. The molecule has 1 heteroatoms. The minimum Gasteiger partial charge on any atom is -0.294 e. The molecule has 2 aliphatic rings. The maximum atomic E-state index is 12.2. The summed E-state index contributed by atoms with van der Waals surface area (Å²) in [6.07, 6.45) is 12.3. The number of Topliss-reactive ketones (excluding diaryl/α,β-unsaturated/α-hetero) is 1. The van der Waals surface area contributed by atoms with Crippen LogP contribution in [0.3, 0.4) is 0 Å². The summed E-state index contributed by atoms with van der Waals surface area (Å²) in [6, 6.07) is 6.48. The number of hydrogen-bond donors (Lipinski definition) is 0. The fourth-order valence-electron chi connectivity index (χ4n) is 3.83. The normalized spacial score (nSPS) is 20.3. The van der Waals surface area contributed by atoms with Crippen molar-refractivity contribution in [2.45, 2.75) is 64.2 Å². The van der Waals surface area contributed by atoms with Gasteiger partial charge in [-0.2, -0.15) is 0 Å². The second-order valence-corrected chi connectivity index (χ2v) is 6.27. The Morgan fingerprint density at radius 2 is 1.84 bits per heavy atom. The van der Waals surface area contributed by atoms with Crippen LogP contribution >= 0.6 is 0 Å². The van der Waals surface area contributed by atoms with Gasteiger partial charge in [-0.25, -0.2) is 0 Å². The molecule has 102 valence electrons. The molecule has 0 N–H and O–H groups in total. The van der Waals surface area contributed by atoms with Gasteiger partial charge < -0.3 is 0 Å². The molecule has 0 radical (unpaired) electrons. The molecule has 1 aromatic carbocycles. The summed E-state index contributed by atoms with van der Waals surface area (Å²) in [7, 11) is 0. The van der Waals surface area contributed by atoms with E-state index in [1.165, 1.54) is 49.7 Å². The molecule has 0 unspecified atom stereocenters. The van der Waals surface area contributed by atoms with Crippen molar-refractivity contribution in [3.05, 3.63) is 34.9 Å². The monoisotopic (exact) mass is 256 g/mol. The van der Waals surface area contributed by atoms with E-state index in [0.717, 1.165) is 37.2 Å². The SMILES string of the molecule is O=C1CCCc2cccc(CCC3CCCCC3)c21. The van der Waals surface area contributed by atoms with Crippen molar-refractivity contribution in [1.82, 2.24) is 0 Å². The zero-order valence-corrected chi connectivity index (χ0v) is 11.8. The third-order valence-electron chi connectivity index (χ3n) is 4.91. The highest BCUT2D eigenvalue weighted by molar-refractivity contribution is 5.99. The third kappa shape index (κ3) is 2.91. The van der Waals surface area contributed by atoms with Gasteiger partial charge in [-0.3, -0.25) is 4.79 Å². The maximum Gasteiger partial charge on any atom is 0.163 e. The Morgan fingerprint density at radius 3 is 2.68 bits per heavy atom. The van der Waals surface area contributed by atoms with Crippen LogP contribution in [0.5, 0.6) is 0 Å². The van der Waals surface area contributed by atoms with Gasteiger partial charge in [0.15, 0.2) is 5.78 Å². The Labute approximate surface area is 116 Å². The Balaban J connectivity index is 1.72. The van der Waals surface area contributed by atoms with Crippen LogP contribution in [0.4, 0.5) is 0 Å². The first-order valence-corrected chi connectivity index (χ1v) is 7.98. The molecule has 0 aromatic heterocycles. The second kappa shape index (κ2) is 5.90. The van der Waals surface area contributed by atoms with Crippen LogP contribution in [0.25, 0.3) is 0 Å². The van der Waals surface area contributed by atoms with Gasteiger partial charge in [0, 0.05) is 12.0 Å². The van der Waals surface area contributed by atoms with Crippen molar-refractivity contribution in [3.63, 3.8) is 0 Å². The Bertz CT molecular complexity index is 455. The lowest BCUT2D eigenvalue weighted by Gasteiger charge is -2.23. The zero-order chi connectivity index (χ0) is 13.1. The van der Waals surface area contributed by atoms with Crippen molar-refractivity contribution in [3.8, 4) is 0 Å². The van der Waals surface area contributed by atoms with E-state index in [9.17, 15) is 4.79 Å². The summed E-state index contributed by atoms with van der Waals surface area (Å²) >= 11 is 0. The number of ketones is 1. The summed E-state index contributed by atoms with van der Waals surface area (Å²) in [6.45, 7) is 0. The van der Waals surface area contributed by atoms with Gasteiger partial charge in [0.2, 0.25) is 0 Å². The van der Waals surface area contributed by atoms with Crippen molar-refractivity contribution in [1.29, 1.82) is 0 Å². The average molecular weight is 256 g/mol. The molecule has 0 heterocycles. The predicted octanol–water partition coefficient (Wildman–Crippen LogP) is 4.72. The number of benzene rings is 1. The van der Waals surface area contributed by atoms with Gasteiger partial charge in [0.1, 0.15) is 0 Å². The average Bonchev–Trinajstić information content (AvgIpc) is 2.46. The molecule has 19 heavy (non-hydrogen) atoms. The molecule has 0 amide bonds. The highest BCUT2D eigenvalue weighted by atomic mass is 16.1. The molecule has 1 aromatic rings. The van der Waals surface area contributed by atoms with E-state index in [1.54, 1.807) is 0 Å². The van der Waals surface area contributed by atoms with E-state index in [4.69, 9.17) is 0 Å². The van der Waals surface area contributed by atoms with Crippen LogP contribution in [-0.2, 0) is 12.8 Å². The number of fused-ring (bicyclic) bond motifs is 1. The highest BCUT2D eigenvalue weighted by Gasteiger charge is 2.21. The summed E-state index contributed by atoms with van der Waals surface area (Å²) < 4.78 is 0. The smallest absolute Gasteiger partial charge is 0.163 e. The summed E-state index contributed by atoms with van der Waals surface area (Å²) in [4.78, 5) is 12.2.